The summed E-state index contributed by atoms with van der Waals surface area (Å²) in [5, 5.41) is 15.0. The Morgan fingerprint density at radius 3 is 2.94 bits per heavy atom. The van der Waals surface area contributed by atoms with Gasteiger partial charge in [-0.1, -0.05) is 27.5 Å². The number of halogens is 2. The first-order valence-corrected chi connectivity index (χ1v) is 6.91. The molecule has 2 aromatic rings. The van der Waals surface area contributed by atoms with Crippen LogP contribution in [0.1, 0.15) is 24.2 Å². The summed E-state index contributed by atoms with van der Waals surface area (Å²) in [6.07, 6.45) is 3.61. The van der Waals surface area contributed by atoms with Crippen LogP contribution in [-0.4, -0.2) is 14.9 Å². The van der Waals surface area contributed by atoms with Gasteiger partial charge in [-0.25, -0.2) is 0 Å². The molecule has 1 N–H and O–H groups in total. The molecule has 18 heavy (non-hydrogen) atoms. The second kappa shape index (κ2) is 5.87. The maximum atomic E-state index is 10.2. The highest BCUT2D eigenvalue weighted by atomic mass is 79.9. The maximum Gasteiger partial charge on any atom is 0.0846 e. The lowest BCUT2D eigenvalue weighted by molar-refractivity contribution is 0.178. The molecule has 0 fully saturated rings. The first kappa shape index (κ1) is 13.6. The standard InChI is InChI=1S/C13H14BrClN2O/c1-2-17-8-9(7-16-17)5-13(18)11-6-10(14)3-4-12(11)15/h3-4,6-8,13,18H,2,5H2,1H3. The molecule has 5 heteroatoms. The minimum absolute atomic E-state index is 0.510. The van der Waals surface area contributed by atoms with Crippen LogP contribution in [-0.2, 0) is 13.0 Å². The summed E-state index contributed by atoms with van der Waals surface area (Å²) in [6.45, 7) is 2.85. The van der Waals surface area contributed by atoms with Crippen LogP contribution in [0.2, 0.25) is 5.02 Å². The summed E-state index contributed by atoms with van der Waals surface area (Å²) in [7, 11) is 0. The van der Waals surface area contributed by atoms with Gasteiger partial charge < -0.3 is 5.11 Å². The van der Waals surface area contributed by atoms with Gasteiger partial charge in [-0.05, 0) is 30.7 Å². The van der Waals surface area contributed by atoms with Crippen molar-refractivity contribution in [1.29, 1.82) is 0 Å². The lowest BCUT2D eigenvalue weighted by Crippen LogP contribution is -2.02. The molecule has 0 radical (unpaired) electrons. The van der Waals surface area contributed by atoms with Crippen molar-refractivity contribution in [3.63, 3.8) is 0 Å². The van der Waals surface area contributed by atoms with Crippen molar-refractivity contribution in [2.45, 2.75) is 26.0 Å². The van der Waals surface area contributed by atoms with Crippen molar-refractivity contribution in [2.75, 3.05) is 0 Å². The predicted octanol–water partition coefficient (Wildman–Crippen LogP) is 3.60. The molecule has 0 bridgehead atoms. The van der Waals surface area contributed by atoms with Gasteiger partial charge in [0.1, 0.15) is 0 Å². The molecule has 2 rings (SSSR count). The Labute approximate surface area is 120 Å². The maximum absolute atomic E-state index is 10.2. The second-order valence-corrected chi connectivity index (χ2v) is 5.41. The zero-order chi connectivity index (χ0) is 13.1. The van der Waals surface area contributed by atoms with Gasteiger partial charge in [-0.2, -0.15) is 5.10 Å². The molecular weight excluding hydrogens is 316 g/mol. The summed E-state index contributed by atoms with van der Waals surface area (Å²) >= 11 is 9.47. The molecule has 1 unspecified atom stereocenters. The number of benzene rings is 1. The highest BCUT2D eigenvalue weighted by Crippen LogP contribution is 2.28. The van der Waals surface area contributed by atoms with E-state index in [9.17, 15) is 5.11 Å². The van der Waals surface area contributed by atoms with Crippen LogP contribution >= 0.6 is 27.5 Å². The Hall–Kier alpha value is -0.840. The molecule has 0 aliphatic rings. The van der Waals surface area contributed by atoms with Gasteiger partial charge in [0.25, 0.3) is 0 Å². The number of aliphatic hydroxyl groups is 1. The summed E-state index contributed by atoms with van der Waals surface area (Å²) in [5.74, 6) is 0. The van der Waals surface area contributed by atoms with Crippen molar-refractivity contribution in [2.24, 2.45) is 0 Å². The van der Waals surface area contributed by atoms with E-state index >= 15 is 0 Å². The van der Waals surface area contributed by atoms with Gasteiger partial charge in [0.05, 0.1) is 12.3 Å². The van der Waals surface area contributed by atoms with Crippen LogP contribution in [0.25, 0.3) is 0 Å². The summed E-state index contributed by atoms with van der Waals surface area (Å²) < 4.78 is 2.75. The third kappa shape index (κ3) is 3.13. The quantitative estimate of drug-likeness (QED) is 0.931. The molecule has 96 valence electrons. The number of rotatable bonds is 4. The number of hydrogen-bond acceptors (Lipinski definition) is 2. The number of nitrogens with zero attached hydrogens (tertiary/aromatic N) is 2. The first-order valence-electron chi connectivity index (χ1n) is 5.74. The smallest absolute Gasteiger partial charge is 0.0846 e. The monoisotopic (exact) mass is 328 g/mol. The zero-order valence-corrected chi connectivity index (χ0v) is 12.3. The molecule has 3 nitrogen and oxygen atoms in total. The topological polar surface area (TPSA) is 38.0 Å². The minimum atomic E-state index is -0.621. The Bertz CT molecular complexity index is 542. The van der Waals surface area contributed by atoms with Crippen molar-refractivity contribution < 1.29 is 5.11 Å². The molecule has 1 aromatic carbocycles. The number of aliphatic hydroxyl groups excluding tert-OH is 1. The van der Waals surface area contributed by atoms with Gasteiger partial charge in [0, 0.05) is 34.2 Å². The van der Waals surface area contributed by atoms with E-state index in [0.717, 1.165) is 22.1 Å². The highest BCUT2D eigenvalue weighted by Gasteiger charge is 2.13. The van der Waals surface area contributed by atoms with Crippen LogP contribution in [0.3, 0.4) is 0 Å². The highest BCUT2D eigenvalue weighted by molar-refractivity contribution is 9.10. The van der Waals surface area contributed by atoms with E-state index in [1.807, 2.05) is 29.9 Å². The summed E-state index contributed by atoms with van der Waals surface area (Å²) in [6, 6.07) is 5.48. The SMILES string of the molecule is CCn1cc(CC(O)c2cc(Br)ccc2Cl)cn1. The van der Waals surface area contributed by atoms with Crippen LogP contribution in [0.5, 0.6) is 0 Å². The fourth-order valence-corrected chi connectivity index (χ4v) is 2.41. The normalized spacial score (nSPS) is 12.7. The van der Waals surface area contributed by atoms with Gasteiger partial charge >= 0.3 is 0 Å². The third-order valence-electron chi connectivity index (χ3n) is 2.76. The van der Waals surface area contributed by atoms with E-state index < -0.39 is 6.10 Å². The summed E-state index contributed by atoms with van der Waals surface area (Å²) in [5.41, 5.74) is 1.73. The lowest BCUT2D eigenvalue weighted by Gasteiger charge is -2.12. The number of aromatic nitrogens is 2. The second-order valence-electron chi connectivity index (χ2n) is 4.09. The van der Waals surface area contributed by atoms with Gasteiger partial charge in [0.2, 0.25) is 0 Å². The lowest BCUT2D eigenvalue weighted by atomic mass is 10.0. The molecule has 0 aliphatic carbocycles. The fourth-order valence-electron chi connectivity index (χ4n) is 1.79. The summed E-state index contributed by atoms with van der Waals surface area (Å²) in [4.78, 5) is 0. The Kier molecular flexibility index (Phi) is 4.43. The van der Waals surface area contributed by atoms with Crippen molar-refractivity contribution in [1.82, 2.24) is 9.78 Å². The Morgan fingerprint density at radius 2 is 2.28 bits per heavy atom. The third-order valence-corrected chi connectivity index (χ3v) is 3.59. The van der Waals surface area contributed by atoms with E-state index in [4.69, 9.17) is 11.6 Å². The Morgan fingerprint density at radius 1 is 1.50 bits per heavy atom. The van der Waals surface area contributed by atoms with Gasteiger partial charge in [-0.3, -0.25) is 4.68 Å². The van der Waals surface area contributed by atoms with Crippen LogP contribution in [0.4, 0.5) is 0 Å². The Balaban J connectivity index is 2.16. The van der Waals surface area contributed by atoms with Crippen molar-refractivity contribution >= 4 is 27.5 Å². The van der Waals surface area contributed by atoms with E-state index in [-0.39, 0.29) is 0 Å². The average molecular weight is 330 g/mol. The first-order chi connectivity index (χ1) is 8.60. The zero-order valence-electron chi connectivity index (χ0n) is 9.98. The number of aryl methyl sites for hydroxylation is 1. The van der Waals surface area contributed by atoms with Crippen LogP contribution in [0, 0.1) is 0 Å². The van der Waals surface area contributed by atoms with E-state index in [2.05, 4.69) is 21.0 Å². The molecule has 1 atom stereocenters. The van der Waals surface area contributed by atoms with E-state index in [0.29, 0.717) is 11.4 Å². The molecule has 0 amide bonds. The van der Waals surface area contributed by atoms with E-state index in [1.165, 1.54) is 0 Å². The van der Waals surface area contributed by atoms with Crippen molar-refractivity contribution in [3.05, 3.63) is 51.2 Å². The molecule has 0 saturated carbocycles. The predicted molar refractivity (Wildman–Crippen MR) is 75.7 cm³/mol. The molecule has 0 spiro atoms. The van der Waals surface area contributed by atoms with Gasteiger partial charge in [-0.15, -0.1) is 0 Å². The molecule has 1 heterocycles. The molecule has 0 saturated heterocycles. The largest absolute Gasteiger partial charge is 0.388 e. The number of hydrogen-bond donors (Lipinski definition) is 1. The van der Waals surface area contributed by atoms with Crippen molar-refractivity contribution in [3.8, 4) is 0 Å². The van der Waals surface area contributed by atoms with Gasteiger partial charge in [0.15, 0.2) is 0 Å². The molecular formula is C13H14BrClN2O. The molecule has 1 aromatic heterocycles. The fraction of sp³-hybridized carbons (Fsp3) is 0.308. The van der Waals surface area contributed by atoms with Crippen LogP contribution in [0.15, 0.2) is 35.1 Å². The average Bonchev–Trinajstić information content (AvgIpc) is 2.80. The van der Waals surface area contributed by atoms with E-state index in [1.54, 1.807) is 12.3 Å². The van der Waals surface area contributed by atoms with Crippen LogP contribution < -0.4 is 0 Å². The minimum Gasteiger partial charge on any atom is -0.388 e. The molecule has 0 aliphatic heterocycles.